The highest BCUT2D eigenvalue weighted by Gasteiger charge is 2.31. The third-order valence-corrected chi connectivity index (χ3v) is 6.93. The summed E-state index contributed by atoms with van der Waals surface area (Å²) >= 11 is 0. The van der Waals surface area contributed by atoms with Gasteiger partial charge in [0.15, 0.2) is 0 Å². The fraction of sp³-hybridized carbons (Fsp3) is 0.310. The maximum atomic E-state index is 13.1. The summed E-state index contributed by atoms with van der Waals surface area (Å²) in [4.78, 5) is 20.1. The number of fused-ring (bicyclic) bond motifs is 1. The Kier molecular flexibility index (Phi) is 7.37. The van der Waals surface area contributed by atoms with E-state index in [0.717, 1.165) is 53.3 Å². The molecule has 4 aromatic rings. The van der Waals surface area contributed by atoms with Gasteiger partial charge in [0, 0.05) is 18.8 Å². The maximum absolute atomic E-state index is 13.1. The third-order valence-electron chi connectivity index (χ3n) is 6.93. The molecule has 2 heterocycles. The van der Waals surface area contributed by atoms with Gasteiger partial charge < -0.3 is 14.6 Å². The molecule has 1 aliphatic rings. The van der Waals surface area contributed by atoms with Gasteiger partial charge in [0.2, 0.25) is 5.91 Å². The summed E-state index contributed by atoms with van der Waals surface area (Å²) in [6.45, 7) is 2.54. The van der Waals surface area contributed by atoms with Crippen molar-refractivity contribution in [1.29, 1.82) is 0 Å². The maximum Gasteiger partial charge on any atom is 0.416 e. The lowest BCUT2D eigenvalue weighted by Crippen LogP contribution is -2.40. The Morgan fingerprint density at radius 2 is 1.84 bits per heavy atom. The Balaban J connectivity index is 1.31. The number of halogens is 3. The number of carbonyl (C=O) groups excluding carboxylic acids is 1. The van der Waals surface area contributed by atoms with Gasteiger partial charge in [-0.1, -0.05) is 30.3 Å². The zero-order chi connectivity index (χ0) is 26.7. The number of nitrogens with one attached hydrogen (secondary N) is 1. The zero-order valence-corrected chi connectivity index (χ0v) is 21.0. The molecular formula is C29H29F3N4O2. The van der Waals surface area contributed by atoms with Crippen molar-refractivity contribution in [3.63, 3.8) is 0 Å². The van der Waals surface area contributed by atoms with Crippen LogP contribution < -0.4 is 10.1 Å². The Morgan fingerprint density at radius 3 is 2.61 bits per heavy atom. The van der Waals surface area contributed by atoms with Crippen molar-refractivity contribution in [2.24, 2.45) is 5.92 Å². The second-order valence-corrected chi connectivity index (χ2v) is 9.59. The smallest absolute Gasteiger partial charge is 0.416 e. The van der Waals surface area contributed by atoms with Crippen LogP contribution in [0.2, 0.25) is 0 Å². The predicted octanol–water partition coefficient (Wildman–Crippen LogP) is 5.96. The van der Waals surface area contributed by atoms with Gasteiger partial charge in [0.25, 0.3) is 0 Å². The number of amides is 1. The lowest BCUT2D eigenvalue weighted by atomic mass is 9.97. The molecule has 1 fully saturated rings. The van der Waals surface area contributed by atoms with Crippen LogP contribution in [-0.4, -0.2) is 40.6 Å². The first-order valence-electron chi connectivity index (χ1n) is 12.6. The molecule has 38 heavy (non-hydrogen) atoms. The molecule has 1 amide bonds. The highest BCUT2D eigenvalue weighted by molar-refractivity contribution is 5.92. The molecule has 0 radical (unpaired) electrons. The van der Waals surface area contributed by atoms with Gasteiger partial charge in [-0.15, -0.1) is 0 Å². The highest BCUT2D eigenvalue weighted by Crippen LogP contribution is 2.31. The van der Waals surface area contributed by atoms with Crippen LogP contribution in [-0.2, 0) is 24.1 Å². The molecule has 198 valence electrons. The summed E-state index contributed by atoms with van der Waals surface area (Å²) < 4.78 is 46.7. The van der Waals surface area contributed by atoms with Crippen LogP contribution in [0.1, 0.15) is 29.8 Å². The van der Waals surface area contributed by atoms with Crippen LogP contribution in [0.25, 0.3) is 11.0 Å². The van der Waals surface area contributed by atoms with E-state index in [-0.39, 0.29) is 17.5 Å². The third kappa shape index (κ3) is 5.83. The van der Waals surface area contributed by atoms with E-state index in [0.29, 0.717) is 26.1 Å². The molecule has 1 saturated heterocycles. The molecular weight excluding hydrogens is 493 g/mol. The number of piperidine rings is 1. The van der Waals surface area contributed by atoms with Crippen LogP contribution >= 0.6 is 0 Å². The molecule has 3 aromatic carbocycles. The van der Waals surface area contributed by atoms with Gasteiger partial charge in [-0.3, -0.25) is 9.69 Å². The fourth-order valence-corrected chi connectivity index (χ4v) is 4.97. The Hall–Kier alpha value is -3.85. The number of hydrogen-bond donors (Lipinski definition) is 1. The Morgan fingerprint density at radius 1 is 1.05 bits per heavy atom. The molecule has 0 aliphatic carbocycles. The number of benzene rings is 3. The van der Waals surface area contributed by atoms with Crippen molar-refractivity contribution in [3.05, 3.63) is 89.7 Å². The van der Waals surface area contributed by atoms with Gasteiger partial charge in [-0.05, 0) is 67.4 Å². The number of methoxy groups -OCH3 is 1. The van der Waals surface area contributed by atoms with Crippen LogP contribution in [0.5, 0.6) is 5.75 Å². The van der Waals surface area contributed by atoms with Crippen molar-refractivity contribution < 1.29 is 22.7 Å². The first-order valence-corrected chi connectivity index (χ1v) is 12.6. The molecule has 0 saturated carbocycles. The van der Waals surface area contributed by atoms with Crippen molar-refractivity contribution in [2.75, 3.05) is 25.5 Å². The minimum atomic E-state index is -4.46. The van der Waals surface area contributed by atoms with Crippen molar-refractivity contribution in [2.45, 2.75) is 32.1 Å². The molecule has 1 aromatic heterocycles. The molecule has 0 bridgehead atoms. The Bertz CT molecular complexity index is 1420. The van der Waals surface area contributed by atoms with E-state index in [9.17, 15) is 18.0 Å². The highest BCUT2D eigenvalue weighted by atomic mass is 19.4. The lowest BCUT2D eigenvalue weighted by molar-refractivity contribution is -0.137. The average Bonchev–Trinajstić information content (AvgIpc) is 3.25. The van der Waals surface area contributed by atoms with Crippen molar-refractivity contribution in [1.82, 2.24) is 14.5 Å². The molecule has 1 aliphatic heterocycles. The van der Waals surface area contributed by atoms with E-state index < -0.39 is 11.7 Å². The number of imidazole rings is 1. The molecule has 5 rings (SSSR count). The summed E-state index contributed by atoms with van der Waals surface area (Å²) in [5, 5.41) is 2.69. The fourth-order valence-electron chi connectivity index (χ4n) is 4.97. The number of rotatable bonds is 7. The molecule has 9 heteroatoms. The van der Waals surface area contributed by atoms with E-state index >= 15 is 0 Å². The van der Waals surface area contributed by atoms with E-state index in [4.69, 9.17) is 9.72 Å². The minimum absolute atomic E-state index is 0.156. The van der Waals surface area contributed by atoms with Crippen LogP contribution in [0.4, 0.5) is 18.9 Å². The van der Waals surface area contributed by atoms with Crippen molar-refractivity contribution in [3.8, 4) is 5.75 Å². The minimum Gasteiger partial charge on any atom is -0.497 e. The lowest BCUT2D eigenvalue weighted by Gasteiger charge is -2.31. The number of nitrogens with zero attached hydrogens (tertiary/aromatic N) is 3. The van der Waals surface area contributed by atoms with E-state index in [1.165, 1.54) is 12.1 Å². The number of anilines is 1. The number of hydrogen-bond acceptors (Lipinski definition) is 4. The second-order valence-electron chi connectivity index (χ2n) is 9.59. The number of para-hydroxylation sites is 2. The van der Waals surface area contributed by atoms with E-state index in [1.54, 1.807) is 7.11 Å². The van der Waals surface area contributed by atoms with Gasteiger partial charge in [0.1, 0.15) is 11.6 Å². The van der Waals surface area contributed by atoms with Crippen LogP contribution in [0.3, 0.4) is 0 Å². The Labute approximate surface area is 219 Å². The van der Waals surface area contributed by atoms with E-state index in [2.05, 4.69) is 20.9 Å². The number of aromatic nitrogens is 2. The molecule has 1 atom stereocenters. The summed E-state index contributed by atoms with van der Waals surface area (Å²) in [7, 11) is 1.64. The average molecular weight is 523 g/mol. The van der Waals surface area contributed by atoms with Crippen molar-refractivity contribution >= 4 is 22.6 Å². The number of likely N-dealkylation sites (tertiary alicyclic amines) is 1. The summed E-state index contributed by atoms with van der Waals surface area (Å²) in [6, 6.07) is 20.7. The number of carbonyl (C=O) groups is 1. The molecule has 0 spiro atoms. The van der Waals surface area contributed by atoms with E-state index in [1.807, 2.05) is 42.5 Å². The summed E-state index contributed by atoms with van der Waals surface area (Å²) in [5.74, 6) is 1.12. The molecule has 6 nitrogen and oxygen atoms in total. The topological polar surface area (TPSA) is 59.4 Å². The van der Waals surface area contributed by atoms with Crippen LogP contribution in [0.15, 0.2) is 72.8 Å². The molecule has 0 unspecified atom stereocenters. The summed E-state index contributed by atoms with van der Waals surface area (Å²) in [5.41, 5.74) is 2.44. The SMILES string of the molecule is COc1ccc(Cn2c(CN3CCC[C@H](C(=O)Nc4cccc(C(F)(F)F)c4)C3)nc3ccccc32)cc1. The normalized spacial score (nSPS) is 16.5. The summed E-state index contributed by atoms with van der Waals surface area (Å²) in [6.07, 6.45) is -2.96. The zero-order valence-electron chi connectivity index (χ0n) is 21.0. The standard InChI is InChI=1S/C29H29F3N4O2/c1-38-24-13-11-20(12-14-24)17-36-26-10-3-2-9-25(26)34-27(36)19-35-15-5-6-21(18-35)28(37)33-23-8-4-7-22(16-23)29(30,31)32/h2-4,7-14,16,21H,5-6,15,17-19H2,1H3,(H,33,37)/t21-/m0/s1. The monoisotopic (exact) mass is 522 g/mol. The van der Waals surface area contributed by atoms with Gasteiger partial charge in [0.05, 0.1) is 36.2 Å². The van der Waals surface area contributed by atoms with Gasteiger partial charge in [-0.2, -0.15) is 13.2 Å². The van der Waals surface area contributed by atoms with Gasteiger partial charge in [-0.25, -0.2) is 4.98 Å². The quantitative estimate of drug-likeness (QED) is 0.325. The first kappa shape index (κ1) is 25.8. The molecule has 1 N–H and O–H groups in total. The van der Waals surface area contributed by atoms with Gasteiger partial charge >= 0.3 is 6.18 Å². The first-order chi connectivity index (χ1) is 18.3. The number of ether oxygens (including phenoxy) is 1. The number of alkyl halides is 3. The predicted molar refractivity (Wildman–Crippen MR) is 140 cm³/mol. The van der Waals surface area contributed by atoms with Crippen LogP contribution in [0, 0.1) is 5.92 Å². The largest absolute Gasteiger partial charge is 0.497 e. The second kappa shape index (κ2) is 10.9.